The Morgan fingerprint density at radius 2 is 2.09 bits per heavy atom. The molecule has 2 aliphatic rings. The Hall–Kier alpha value is -1.62. The summed E-state index contributed by atoms with van der Waals surface area (Å²) in [6.07, 6.45) is 6.65. The summed E-state index contributed by atoms with van der Waals surface area (Å²) in [5.41, 5.74) is 0.503. The fourth-order valence-electron chi connectivity index (χ4n) is 3.93. The summed E-state index contributed by atoms with van der Waals surface area (Å²) in [6.45, 7) is 3.49. The van der Waals surface area contributed by atoms with Crippen LogP contribution < -0.4 is 5.32 Å². The van der Waals surface area contributed by atoms with E-state index >= 15 is 0 Å². The Morgan fingerprint density at radius 3 is 2.91 bits per heavy atom. The summed E-state index contributed by atoms with van der Waals surface area (Å²) in [5.74, 6) is 1.45. The molecule has 1 aromatic heterocycles. The summed E-state index contributed by atoms with van der Waals surface area (Å²) in [4.78, 5) is 20.7. The summed E-state index contributed by atoms with van der Waals surface area (Å²) in [7, 11) is 3.51. The van der Waals surface area contributed by atoms with Gasteiger partial charge in [0.25, 0.3) is 5.91 Å². The van der Waals surface area contributed by atoms with Gasteiger partial charge in [-0.25, -0.2) is 4.98 Å². The maximum Gasteiger partial charge on any atom is 0.272 e. The van der Waals surface area contributed by atoms with E-state index in [-0.39, 0.29) is 5.91 Å². The van der Waals surface area contributed by atoms with Crippen LogP contribution in [0.5, 0.6) is 0 Å². The van der Waals surface area contributed by atoms with Crippen LogP contribution in [0.3, 0.4) is 0 Å². The second kappa shape index (κ2) is 7.30. The first-order valence-electron chi connectivity index (χ1n) is 8.82. The van der Waals surface area contributed by atoms with Crippen LogP contribution >= 0.6 is 0 Å². The number of nitrogens with one attached hydrogen (secondary N) is 1. The van der Waals surface area contributed by atoms with E-state index < -0.39 is 0 Å². The topological polar surface area (TPSA) is 48.5 Å². The van der Waals surface area contributed by atoms with Crippen molar-refractivity contribution in [3.8, 4) is 0 Å². The quantitative estimate of drug-likeness (QED) is 0.927. The van der Waals surface area contributed by atoms with Gasteiger partial charge in [0, 0.05) is 26.7 Å². The Balaban J connectivity index is 1.61. The van der Waals surface area contributed by atoms with Gasteiger partial charge in [0.2, 0.25) is 0 Å². The number of nitrogens with zero attached hydrogens (tertiary/aromatic N) is 3. The van der Waals surface area contributed by atoms with Gasteiger partial charge in [-0.2, -0.15) is 0 Å². The van der Waals surface area contributed by atoms with E-state index in [1.165, 1.54) is 45.2 Å². The average Bonchev–Trinajstić information content (AvgIpc) is 2.59. The van der Waals surface area contributed by atoms with E-state index in [4.69, 9.17) is 0 Å². The fraction of sp³-hybridized carbons (Fsp3) is 0.667. The van der Waals surface area contributed by atoms with Crippen molar-refractivity contribution in [2.24, 2.45) is 5.92 Å². The van der Waals surface area contributed by atoms with Crippen LogP contribution in [0.2, 0.25) is 0 Å². The highest BCUT2D eigenvalue weighted by atomic mass is 16.2. The van der Waals surface area contributed by atoms with Gasteiger partial charge in [0.05, 0.1) is 0 Å². The third-order valence-corrected chi connectivity index (χ3v) is 5.15. The highest BCUT2D eigenvalue weighted by Crippen LogP contribution is 2.30. The zero-order chi connectivity index (χ0) is 16.2. The van der Waals surface area contributed by atoms with Crippen LogP contribution in [-0.2, 0) is 0 Å². The van der Waals surface area contributed by atoms with E-state index in [1.807, 2.05) is 12.1 Å². The number of carbonyl (C=O) groups is 1. The van der Waals surface area contributed by atoms with Gasteiger partial charge in [-0.3, -0.25) is 4.79 Å². The van der Waals surface area contributed by atoms with Gasteiger partial charge >= 0.3 is 0 Å². The number of pyridine rings is 1. The molecule has 0 spiro atoms. The molecule has 126 valence electrons. The molecule has 0 unspecified atom stereocenters. The van der Waals surface area contributed by atoms with Crippen LogP contribution in [0.1, 0.15) is 42.6 Å². The minimum Gasteiger partial charge on any atom is -0.370 e. The molecule has 2 saturated heterocycles. The first-order valence-corrected chi connectivity index (χ1v) is 8.82. The maximum absolute atomic E-state index is 12.0. The number of rotatable bonds is 4. The maximum atomic E-state index is 12.0. The highest BCUT2D eigenvalue weighted by molar-refractivity contribution is 5.92. The molecule has 5 nitrogen and oxygen atoms in total. The molecule has 2 aliphatic heterocycles. The summed E-state index contributed by atoms with van der Waals surface area (Å²) >= 11 is 0. The van der Waals surface area contributed by atoms with Crippen LogP contribution in [0.25, 0.3) is 0 Å². The summed E-state index contributed by atoms with van der Waals surface area (Å²) in [5, 5.41) is 3.47. The lowest BCUT2D eigenvalue weighted by molar-refractivity contribution is 0.0649. The van der Waals surface area contributed by atoms with Gasteiger partial charge in [0.15, 0.2) is 0 Å². The lowest BCUT2D eigenvalue weighted by Gasteiger charge is -2.44. The number of aromatic nitrogens is 1. The van der Waals surface area contributed by atoms with Crippen molar-refractivity contribution in [3.05, 3.63) is 23.9 Å². The first-order chi connectivity index (χ1) is 11.1. The molecule has 1 N–H and O–H groups in total. The number of piperidine rings is 2. The fourth-order valence-corrected chi connectivity index (χ4v) is 3.93. The van der Waals surface area contributed by atoms with Gasteiger partial charge in [-0.15, -0.1) is 0 Å². The molecule has 2 atom stereocenters. The van der Waals surface area contributed by atoms with Crippen molar-refractivity contribution in [2.45, 2.75) is 38.1 Å². The molecule has 1 aromatic rings. The van der Waals surface area contributed by atoms with E-state index in [1.54, 1.807) is 25.1 Å². The minimum absolute atomic E-state index is 0.0511. The highest BCUT2D eigenvalue weighted by Gasteiger charge is 2.32. The lowest BCUT2D eigenvalue weighted by Crippen LogP contribution is -2.49. The van der Waals surface area contributed by atoms with Gasteiger partial charge in [-0.1, -0.05) is 12.5 Å². The predicted molar refractivity (Wildman–Crippen MR) is 92.7 cm³/mol. The standard InChI is InChI=1S/C18H28N4O/c1-21(2)18(23)15-8-5-10-17(20-15)19-13-14-7-6-12-22-11-4-3-9-16(14)22/h5,8,10,14,16H,3-4,6-7,9,11-13H2,1-2H3,(H,19,20)/t14-,16+/m0/s1. The third-order valence-electron chi connectivity index (χ3n) is 5.15. The molecule has 3 rings (SSSR count). The van der Waals surface area contributed by atoms with Gasteiger partial charge < -0.3 is 15.1 Å². The second-order valence-corrected chi connectivity index (χ2v) is 6.99. The zero-order valence-electron chi connectivity index (χ0n) is 14.3. The molecule has 2 fully saturated rings. The Morgan fingerprint density at radius 1 is 1.26 bits per heavy atom. The molecule has 5 heteroatoms. The smallest absolute Gasteiger partial charge is 0.272 e. The average molecular weight is 316 g/mol. The molecule has 1 amide bonds. The second-order valence-electron chi connectivity index (χ2n) is 6.99. The Bertz CT molecular complexity index is 544. The zero-order valence-corrected chi connectivity index (χ0v) is 14.3. The Labute approximate surface area is 139 Å². The Kier molecular flexibility index (Phi) is 5.16. The number of hydrogen-bond acceptors (Lipinski definition) is 4. The molecule has 0 bridgehead atoms. The van der Waals surface area contributed by atoms with Crippen molar-refractivity contribution in [2.75, 3.05) is 39.0 Å². The van der Waals surface area contributed by atoms with Crippen LogP contribution in [0.4, 0.5) is 5.82 Å². The molecular weight excluding hydrogens is 288 g/mol. The number of carbonyl (C=O) groups excluding carboxylic acids is 1. The van der Waals surface area contributed by atoms with E-state index in [2.05, 4.69) is 15.2 Å². The van der Waals surface area contributed by atoms with Crippen LogP contribution in [-0.4, -0.2) is 60.5 Å². The van der Waals surface area contributed by atoms with Crippen LogP contribution in [0.15, 0.2) is 18.2 Å². The van der Waals surface area contributed by atoms with E-state index in [0.717, 1.165) is 18.4 Å². The monoisotopic (exact) mass is 316 g/mol. The molecule has 0 aromatic carbocycles. The number of hydrogen-bond donors (Lipinski definition) is 1. The first kappa shape index (κ1) is 16.2. The molecule has 0 radical (unpaired) electrons. The summed E-state index contributed by atoms with van der Waals surface area (Å²) < 4.78 is 0. The number of fused-ring (bicyclic) bond motifs is 1. The predicted octanol–water partition coefficient (Wildman–Crippen LogP) is 2.46. The number of amides is 1. The summed E-state index contributed by atoms with van der Waals surface area (Å²) in [6, 6.07) is 6.36. The van der Waals surface area contributed by atoms with Crippen molar-refractivity contribution in [1.29, 1.82) is 0 Å². The van der Waals surface area contributed by atoms with Crippen molar-refractivity contribution in [1.82, 2.24) is 14.8 Å². The van der Waals surface area contributed by atoms with E-state index in [0.29, 0.717) is 11.6 Å². The lowest BCUT2D eigenvalue weighted by atomic mass is 9.83. The molecule has 3 heterocycles. The number of anilines is 1. The van der Waals surface area contributed by atoms with Gasteiger partial charge in [0.1, 0.15) is 11.5 Å². The van der Waals surface area contributed by atoms with Gasteiger partial charge in [-0.05, 0) is 56.8 Å². The third kappa shape index (κ3) is 3.83. The van der Waals surface area contributed by atoms with E-state index in [9.17, 15) is 4.79 Å². The minimum atomic E-state index is -0.0511. The molecule has 0 saturated carbocycles. The normalized spacial score (nSPS) is 24.8. The van der Waals surface area contributed by atoms with Crippen molar-refractivity contribution in [3.63, 3.8) is 0 Å². The molecule has 0 aliphatic carbocycles. The van der Waals surface area contributed by atoms with Crippen molar-refractivity contribution < 1.29 is 4.79 Å². The molecular formula is C18H28N4O. The van der Waals surface area contributed by atoms with Crippen LogP contribution in [0, 0.1) is 5.92 Å². The van der Waals surface area contributed by atoms with Crippen molar-refractivity contribution >= 4 is 11.7 Å². The molecule has 23 heavy (non-hydrogen) atoms. The largest absolute Gasteiger partial charge is 0.370 e. The SMILES string of the molecule is CN(C)C(=O)c1cccc(NC[C@@H]2CCCN3CCCC[C@H]23)n1.